The highest BCUT2D eigenvalue weighted by molar-refractivity contribution is 6.37. The number of carbonyl (C=O) groups excluding carboxylic acids is 2. The first-order chi connectivity index (χ1) is 10.6. The van der Waals surface area contributed by atoms with E-state index in [4.69, 9.17) is 11.6 Å². The van der Waals surface area contributed by atoms with E-state index in [-0.39, 0.29) is 5.70 Å². The largest absolute Gasteiger partial charge is 0.333 e. The van der Waals surface area contributed by atoms with Crippen LogP contribution in [0.1, 0.15) is 11.1 Å². The number of amides is 3. The van der Waals surface area contributed by atoms with Crippen molar-refractivity contribution in [1.82, 2.24) is 5.32 Å². The average Bonchev–Trinajstić information content (AvgIpc) is 2.74. The van der Waals surface area contributed by atoms with Crippen LogP contribution in [0.2, 0.25) is 5.02 Å². The fraction of sp³-hybridized carbons (Fsp3) is 0.0588. The van der Waals surface area contributed by atoms with Gasteiger partial charge in [-0.25, -0.2) is 9.69 Å². The van der Waals surface area contributed by atoms with Gasteiger partial charge < -0.3 is 5.32 Å². The Kier molecular flexibility index (Phi) is 3.69. The van der Waals surface area contributed by atoms with Gasteiger partial charge in [-0.2, -0.15) is 0 Å². The summed E-state index contributed by atoms with van der Waals surface area (Å²) in [4.78, 5) is 25.6. The van der Waals surface area contributed by atoms with Gasteiger partial charge in [0.1, 0.15) is 5.70 Å². The number of hydrogen-bond donors (Lipinski definition) is 1. The van der Waals surface area contributed by atoms with E-state index in [1.807, 2.05) is 31.2 Å². The van der Waals surface area contributed by atoms with Crippen molar-refractivity contribution >= 4 is 35.3 Å². The molecule has 1 aliphatic heterocycles. The number of nitrogens with zero attached hydrogens (tertiary/aromatic N) is 1. The van der Waals surface area contributed by atoms with Crippen LogP contribution in [-0.4, -0.2) is 11.9 Å². The molecule has 1 N–H and O–H groups in total. The predicted octanol–water partition coefficient (Wildman–Crippen LogP) is 3.75. The first-order valence-corrected chi connectivity index (χ1v) is 7.12. The fourth-order valence-corrected chi connectivity index (χ4v) is 2.53. The third-order valence-electron chi connectivity index (χ3n) is 3.32. The molecule has 22 heavy (non-hydrogen) atoms. The van der Waals surface area contributed by atoms with Gasteiger partial charge in [-0.1, -0.05) is 53.6 Å². The summed E-state index contributed by atoms with van der Waals surface area (Å²) >= 11 is 6.07. The fourth-order valence-electron chi connectivity index (χ4n) is 2.31. The molecule has 0 radical (unpaired) electrons. The summed E-state index contributed by atoms with van der Waals surface area (Å²) in [7, 11) is 0. The van der Waals surface area contributed by atoms with Crippen molar-refractivity contribution in [3.8, 4) is 0 Å². The van der Waals surface area contributed by atoms with E-state index in [0.29, 0.717) is 10.7 Å². The van der Waals surface area contributed by atoms with Crippen LogP contribution in [0.5, 0.6) is 0 Å². The number of para-hydroxylation sites is 1. The SMILES string of the molecule is Cc1cccc(/C=C2\NC(=O)N(c3ccccc3Cl)C2=O)c1. The maximum Gasteiger partial charge on any atom is 0.333 e. The van der Waals surface area contributed by atoms with Gasteiger partial charge in [-0.05, 0) is 30.7 Å². The predicted molar refractivity (Wildman–Crippen MR) is 86.6 cm³/mol. The summed E-state index contributed by atoms with van der Waals surface area (Å²) in [5.74, 6) is -0.417. The van der Waals surface area contributed by atoms with Crippen molar-refractivity contribution in [1.29, 1.82) is 0 Å². The summed E-state index contributed by atoms with van der Waals surface area (Å²) < 4.78 is 0. The topological polar surface area (TPSA) is 49.4 Å². The van der Waals surface area contributed by atoms with Crippen molar-refractivity contribution < 1.29 is 9.59 Å². The Hall–Kier alpha value is -2.59. The van der Waals surface area contributed by atoms with Crippen molar-refractivity contribution in [2.24, 2.45) is 0 Å². The summed E-state index contributed by atoms with van der Waals surface area (Å²) in [6.07, 6.45) is 1.66. The number of anilines is 1. The highest BCUT2D eigenvalue weighted by atomic mass is 35.5. The van der Waals surface area contributed by atoms with Crippen LogP contribution in [0.15, 0.2) is 54.2 Å². The molecule has 0 spiro atoms. The first-order valence-electron chi connectivity index (χ1n) is 6.74. The lowest BCUT2D eigenvalue weighted by atomic mass is 10.1. The van der Waals surface area contributed by atoms with Crippen LogP contribution in [0, 0.1) is 6.92 Å². The lowest BCUT2D eigenvalue weighted by Gasteiger charge is -2.13. The van der Waals surface area contributed by atoms with Crippen LogP contribution in [0.3, 0.4) is 0 Å². The van der Waals surface area contributed by atoms with Gasteiger partial charge in [0, 0.05) is 0 Å². The van der Waals surface area contributed by atoms with Gasteiger partial charge in [-0.15, -0.1) is 0 Å². The zero-order chi connectivity index (χ0) is 15.7. The van der Waals surface area contributed by atoms with E-state index in [9.17, 15) is 9.59 Å². The third-order valence-corrected chi connectivity index (χ3v) is 3.64. The molecule has 3 rings (SSSR count). The van der Waals surface area contributed by atoms with Gasteiger partial charge in [0.25, 0.3) is 5.91 Å². The van der Waals surface area contributed by atoms with Gasteiger partial charge in [0.05, 0.1) is 10.7 Å². The smallest absolute Gasteiger partial charge is 0.302 e. The van der Waals surface area contributed by atoms with Gasteiger partial charge >= 0.3 is 6.03 Å². The van der Waals surface area contributed by atoms with Crippen LogP contribution < -0.4 is 10.2 Å². The molecule has 2 aromatic rings. The second kappa shape index (κ2) is 5.66. The normalized spacial score (nSPS) is 16.3. The number of imide groups is 1. The minimum absolute atomic E-state index is 0.232. The molecule has 1 fully saturated rings. The molecule has 5 heteroatoms. The molecule has 4 nitrogen and oxygen atoms in total. The van der Waals surface area contributed by atoms with E-state index in [1.165, 1.54) is 0 Å². The maximum atomic E-state index is 12.5. The Morgan fingerprint density at radius 3 is 2.59 bits per heavy atom. The standard InChI is InChI=1S/C17H13ClN2O2/c1-11-5-4-6-12(9-11)10-14-16(21)20(17(22)19-14)15-8-3-2-7-13(15)18/h2-10H,1H3,(H,19,22)/b14-10-. The molecule has 0 atom stereocenters. The minimum atomic E-state index is -0.503. The summed E-state index contributed by atoms with van der Waals surface area (Å²) in [5, 5.41) is 2.94. The number of benzene rings is 2. The zero-order valence-corrected chi connectivity index (χ0v) is 12.6. The number of aryl methyl sites for hydroxylation is 1. The Morgan fingerprint density at radius 1 is 1.09 bits per heavy atom. The monoisotopic (exact) mass is 312 g/mol. The van der Waals surface area contributed by atoms with E-state index >= 15 is 0 Å². The summed E-state index contributed by atoms with van der Waals surface area (Å²) in [6, 6.07) is 13.9. The van der Waals surface area contributed by atoms with E-state index in [0.717, 1.165) is 16.0 Å². The van der Waals surface area contributed by atoms with Gasteiger partial charge in [0.2, 0.25) is 0 Å². The number of halogens is 1. The number of urea groups is 1. The molecule has 0 aliphatic carbocycles. The molecule has 0 aromatic heterocycles. The van der Waals surface area contributed by atoms with Crippen LogP contribution in [0.25, 0.3) is 6.08 Å². The molecule has 0 unspecified atom stereocenters. The first kappa shape index (κ1) is 14.4. The number of nitrogens with one attached hydrogen (secondary N) is 1. The Bertz CT molecular complexity index is 799. The molecule has 0 bridgehead atoms. The Labute approximate surface area is 133 Å². The van der Waals surface area contributed by atoms with Crippen molar-refractivity contribution in [2.45, 2.75) is 6.92 Å². The summed E-state index contributed by atoms with van der Waals surface area (Å²) in [6.45, 7) is 1.97. The van der Waals surface area contributed by atoms with Crippen molar-refractivity contribution in [3.05, 3.63) is 70.4 Å². The summed E-state index contributed by atoms with van der Waals surface area (Å²) in [5.41, 5.74) is 2.54. The van der Waals surface area contributed by atoms with E-state index < -0.39 is 11.9 Å². The second-order valence-corrected chi connectivity index (χ2v) is 5.40. The average molecular weight is 313 g/mol. The zero-order valence-electron chi connectivity index (χ0n) is 11.8. The third kappa shape index (κ3) is 2.61. The maximum absolute atomic E-state index is 12.5. The molecule has 3 amide bonds. The molecule has 1 aliphatic rings. The highest BCUT2D eigenvalue weighted by Gasteiger charge is 2.35. The molecular weight excluding hydrogens is 300 g/mol. The van der Waals surface area contributed by atoms with Gasteiger partial charge in [0.15, 0.2) is 0 Å². The molecule has 1 saturated heterocycles. The van der Waals surface area contributed by atoms with Crippen molar-refractivity contribution in [3.63, 3.8) is 0 Å². The Balaban J connectivity index is 1.97. The second-order valence-electron chi connectivity index (χ2n) is 4.99. The Morgan fingerprint density at radius 2 is 1.86 bits per heavy atom. The van der Waals surface area contributed by atoms with E-state index in [1.54, 1.807) is 30.3 Å². The molecule has 110 valence electrons. The van der Waals surface area contributed by atoms with Crippen LogP contribution in [0.4, 0.5) is 10.5 Å². The molecule has 2 aromatic carbocycles. The minimum Gasteiger partial charge on any atom is -0.302 e. The number of rotatable bonds is 2. The molecular formula is C17H13ClN2O2. The van der Waals surface area contributed by atoms with Gasteiger partial charge in [-0.3, -0.25) is 4.79 Å². The lowest BCUT2D eigenvalue weighted by Crippen LogP contribution is -2.30. The molecule has 0 saturated carbocycles. The van der Waals surface area contributed by atoms with Crippen molar-refractivity contribution in [2.75, 3.05) is 4.90 Å². The lowest BCUT2D eigenvalue weighted by molar-refractivity contribution is -0.113. The number of carbonyl (C=O) groups is 2. The quantitative estimate of drug-likeness (QED) is 0.678. The highest BCUT2D eigenvalue weighted by Crippen LogP contribution is 2.29. The van der Waals surface area contributed by atoms with Crippen LogP contribution >= 0.6 is 11.6 Å². The van der Waals surface area contributed by atoms with E-state index in [2.05, 4.69) is 5.32 Å². The number of hydrogen-bond acceptors (Lipinski definition) is 2. The van der Waals surface area contributed by atoms with Crippen LogP contribution in [-0.2, 0) is 4.79 Å². The molecule has 1 heterocycles.